The van der Waals surface area contributed by atoms with Crippen LogP contribution in [0.2, 0.25) is 0 Å². The van der Waals surface area contributed by atoms with Gasteiger partial charge in [-0.05, 0) is 24.3 Å². The molecule has 1 heterocycles. The van der Waals surface area contributed by atoms with Crippen LogP contribution in [0.15, 0.2) is 42.6 Å². The highest BCUT2D eigenvalue weighted by atomic mass is 16.2. The van der Waals surface area contributed by atoms with Crippen molar-refractivity contribution in [3.8, 4) is 0 Å². The summed E-state index contributed by atoms with van der Waals surface area (Å²) < 4.78 is 0. The number of aromatic amines is 1. The molecular weight excluding hydrogens is 226 g/mol. The average molecular weight is 243 g/mol. The van der Waals surface area contributed by atoms with Crippen LogP contribution in [0.1, 0.15) is 16.1 Å². The fourth-order valence-corrected chi connectivity index (χ4v) is 1.73. The fraction of sp³-hybridized carbons (Fsp3) is 0.214. The van der Waals surface area contributed by atoms with E-state index in [0.29, 0.717) is 12.1 Å². The van der Waals surface area contributed by atoms with Crippen molar-refractivity contribution < 1.29 is 4.79 Å². The first-order valence-electron chi connectivity index (χ1n) is 5.85. The zero-order chi connectivity index (χ0) is 13.0. The maximum atomic E-state index is 12.0. The number of amides is 1. The second-order valence-electron chi connectivity index (χ2n) is 4.29. The molecule has 0 fully saturated rings. The van der Waals surface area contributed by atoms with Crippen molar-refractivity contribution in [1.82, 2.24) is 9.88 Å². The molecule has 0 radical (unpaired) electrons. The van der Waals surface area contributed by atoms with Gasteiger partial charge < -0.3 is 15.2 Å². The van der Waals surface area contributed by atoms with Gasteiger partial charge in [0.2, 0.25) is 0 Å². The number of rotatable bonds is 4. The van der Waals surface area contributed by atoms with E-state index in [1.807, 2.05) is 42.6 Å². The largest absolute Gasteiger partial charge is 0.379 e. The molecule has 4 nitrogen and oxygen atoms in total. The molecule has 18 heavy (non-hydrogen) atoms. The van der Waals surface area contributed by atoms with Crippen LogP contribution in [-0.2, 0) is 6.54 Å². The quantitative estimate of drug-likeness (QED) is 0.865. The molecule has 94 valence electrons. The molecular formula is C14H17N3O. The zero-order valence-electron chi connectivity index (χ0n) is 10.6. The van der Waals surface area contributed by atoms with E-state index in [4.69, 9.17) is 0 Å². The first-order valence-corrected chi connectivity index (χ1v) is 5.85. The molecule has 1 amide bonds. The second-order valence-corrected chi connectivity index (χ2v) is 4.29. The Hall–Kier alpha value is -2.23. The Bertz CT molecular complexity index is 518. The van der Waals surface area contributed by atoms with E-state index in [2.05, 4.69) is 10.3 Å². The maximum absolute atomic E-state index is 12.0. The zero-order valence-corrected chi connectivity index (χ0v) is 10.6. The monoisotopic (exact) mass is 243 g/mol. The summed E-state index contributed by atoms with van der Waals surface area (Å²) in [6, 6.07) is 11.5. The number of hydrogen-bond donors (Lipinski definition) is 2. The number of benzene rings is 1. The van der Waals surface area contributed by atoms with Crippen molar-refractivity contribution in [2.45, 2.75) is 6.54 Å². The number of nitrogens with one attached hydrogen (secondary N) is 2. The minimum absolute atomic E-state index is 0.00425. The van der Waals surface area contributed by atoms with Crippen LogP contribution < -0.4 is 5.32 Å². The minimum atomic E-state index is 0.00425. The lowest BCUT2D eigenvalue weighted by molar-refractivity contribution is 0.0828. The molecule has 1 aromatic carbocycles. The number of nitrogens with zero attached hydrogens (tertiary/aromatic N) is 1. The lowest BCUT2D eigenvalue weighted by Gasteiger charge is -2.15. The Morgan fingerprint density at radius 3 is 2.67 bits per heavy atom. The first kappa shape index (κ1) is 12.2. The van der Waals surface area contributed by atoms with Gasteiger partial charge in [-0.1, -0.05) is 12.1 Å². The van der Waals surface area contributed by atoms with Gasteiger partial charge in [0, 0.05) is 31.7 Å². The van der Waals surface area contributed by atoms with E-state index in [0.717, 1.165) is 11.4 Å². The van der Waals surface area contributed by atoms with E-state index in [1.165, 1.54) is 0 Å². The van der Waals surface area contributed by atoms with Gasteiger partial charge in [0.05, 0.1) is 12.1 Å². The van der Waals surface area contributed by atoms with Crippen molar-refractivity contribution in [1.29, 1.82) is 0 Å². The molecule has 0 atom stereocenters. The number of carbonyl (C=O) groups excluding carboxylic acids is 1. The molecule has 0 aliphatic heterocycles. The highest BCUT2D eigenvalue weighted by Gasteiger charge is 2.12. The van der Waals surface area contributed by atoms with Crippen molar-refractivity contribution in [2.24, 2.45) is 0 Å². The summed E-state index contributed by atoms with van der Waals surface area (Å²) in [6.45, 7) is 0.671. The molecule has 0 saturated heterocycles. The minimum Gasteiger partial charge on any atom is -0.379 e. The van der Waals surface area contributed by atoms with Gasteiger partial charge in [-0.25, -0.2) is 0 Å². The lowest BCUT2D eigenvalue weighted by Crippen LogP contribution is -2.22. The van der Waals surface area contributed by atoms with Gasteiger partial charge in [-0.2, -0.15) is 0 Å². The van der Waals surface area contributed by atoms with Crippen molar-refractivity contribution in [2.75, 3.05) is 19.4 Å². The Morgan fingerprint density at radius 1 is 1.22 bits per heavy atom. The van der Waals surface area contributed by atoms with Crippen LogP contribution in [0.3, 0.4) is 0 Å². The van der Waals surface area contributed by atoms with E-state index in [9.17, 15) is 4.79 Å². The normalized spacial score (nSPS) is 10.1. The summed E-state index contributed by atoms with van der Waals surface area (Å²) in [5.74, 6) is 0.00425. The molecule has 1 aromatic heterocycles. The van der Waals surface area contributed by atoms with Crippen LogP contribution in [0.5, 0.6) is 0 Å². The molecule has 0 saturated carbocycles. The van der Waals surface area contributed by atoms with Crippen molar-refractivity contribution in [3.63, 3.8) is 0 Å². The summed E-state index contributed by atoms with van der Waals surface area (Å²) >= 11 is 0. The third-order valence-electron chi connectivity index (χ3n) is 2.70. The van der Waals surface area contributed by atoms with Crippen LogP contribution in [0.25, 0.3) is 0 Å². The number of H-pyrrole nitrogens is 1. The molecule has 2 N–H and O–H groups in total. The average Bonchev–Trinajstić information content (AvgIpc) is 2.89. The Labute approximate surface area is 107 Å². The predicted molar refractivity (Wildman–Crippen MR) is 72.6 cm³/mol. The Kier molecular flexibility index (Phi) is 3.67. The maximum Gasteiger partial charge on any atom is 0.255 e. The number of carbonyl (C=O) groups is 1. The van der Waals surface area contributed by atoms with E-state index in [-0.39, 0.29) is 5.91 Å². The topological polar surface area (TPSA) is 48.1 Å². The molecule has 0 aliphatic rings. The summed E-state index contributed by atoms with van der Waals surface area (Å²) in [4.78, 5) is 16.7. The summed E-state index contributed by atoms with van der Waals surface area (Å²) in [5.41, 5.74) is 2.63. The molecule has 0 bridgehead atoms. The van der Waals surface area contributed by atoms with Crippen LogP contribution in [0.4, 0.5) is 5.69 Å². The second kappa shape index (κ2) is 5.40. The molecule has 2 rings (SSSR count). The molecule has 2 aromatic rings. The Morgan fingerprint density at radius 2 is 2.00 bits per heavy atom. The molecule has 0 spiro atoms. The standard InChI is InChI=1S/C14H17N3O/c1-17(2)14(18)12-7-3-4-8-13(12)16-10-11-6-5-9-15-11/h3-9,15-16H,10H2,1-2H3. The lowest BCUT2D eigenvalue weighted by atomic mass is 10.1. The number of para-hydroxylation sites is 1. The van der Waals surface area contributed by atoms with Crippen molar-refractivity contribution >= 4 is 11.6 Å². The predicted octanol–water partition coefficient (Wildman–Crippen LogP) is 2.33. The van der Waals surface area contributed by atoms with Gasteiger partial charge in [-0.15, -0.1) is 0 Å². The molecule has 4 heteroatoms. The first-order chi connectivity index (χ1) is 8.68. The SMILES string of the molecule is CN(C)C(=O)c1ccccc1NCc1ccc[nH]1. The summed E-state index contributed by atoms with van der Waals surface area (Å²) in [5, 5.41) is 3.27. The Balaban J connectivity index is 2.15. The van der Waals surface area contributed by atoms with Crippen LogP contribution >= 0.6 is 0 Å². The highest BCUT2D eigenvalue weighted by molar-refractivity contribution is 5.99. The van der Waals surface area contributed by atoms with Gasteiger partial charge in [0.15, 0.2) is 0 Å². The summed E-state index contributed by atoms with van der Waals surface area (Å²) in [7, 11) is 3.51. The van der Waals surface area contributed by atoms with Gasteiger partial charge in [-0.3, -0.25) is 4.79 Å². The van der Waals surface area contributed by atoms with E-state index in [1.54, 1.807) is 19.0 Å². The fourth-order valence-electron chi connectivity index (χ4n) is 1.73. The number of hydrogen-bond acceptors (Lipinski definition) is 2. The van der Waals surface area contributed by atoms with Gasteiger partial charge >= 0.3 is 0 Å². The van der Waals surface area contributed by atoms with Gasteiger partial charge in [0.25, 0.3) is 5.91 Å². The summed E-state index contributed by atoms with van der Waals surface area (Å²) in [6.07, 6.45) is 1.88. The molecule has 0 aliphatic carbocycles. The smallest absolute Gasteiger partial charge is 0.255 e. The van der Waals surface area contributed by atoms with Crippen LogP contribution in [0, 0.1) is 0 Å². The van der Waals surface area contributed by atoms with Crippen molar-refractivity contribution in [3.05, 3.63) is 53.9 Å². The van der Waals surface area contributed by atoms with Gasteiger partial charge in [0.1, 0.15) is 0 Å². The van der Waals surface area contributed by atoms with E-state index >= 15 is 0 Å². The molecule has 0 unspecified atom stereocenters. The number of anilines is 1. The third-order valence-corrected chi connectivity index (χ3v) is 2.70. The van der Waals surface area contributed by atoms with E-state index < -0.39 is 0 Å². The third kappa shape index (κ3) is 2.71. The highest BCUT2D eigenvalue weighted by Crippen LogP contribution is 2.17. The number of aromatic nitrogens is 1. The van der Waals surface area contributed by atoms with Crippen LogP contribution in [-0.4, -0.2) is 29.9 Å².